The first-order valence-corrected chi connectivity index (χ1v) is 5.32. The van der Waals surface area contributed by atoms with Crippen LogP contribution in [0.2, 0.25) is 0 Å². The van der Waals surface area contributed by atoms with E-state index in [2.05, 4.69) is 5.32 Å². The van der Waals surface area contributed by atoms with Crippen molar-refractivity contribution in [3.8, 4) is 5.75 Å². The molecule has 18 heavy (non-hydrogen) atoms. The van der Waals surface area contributed by atoms with Crippen molar-refractivity contribution in [3.05, 3.63) is 33.9 Å². The molecule has 0 bridgehead atoms. The van der Waals surface area contributed by atoms with Gasteiger partial charge >= 0.3 is 0 Å². The second-order valence-electron chi connectivity index (χ2n) is 4.02. The van der Waals surface area contributed by atoms with Crippen LogP contribution in [0.3, 0.4) is 0 Å². The van der Waals surface area contributed by atoms with E-state index < -0.39 is 10.8 Å². The Morgan fingerprint density at radius 2 is 2.17 bits per heavy atom. The van der Waals surface area contributed by atoms with Crippen molar-refractivity contribution >= 4 is 11.6 Å². The molecule has 0 spiro atoms. The smallest absolute Gasteiger partial charge is 0.282 e. The molecule has 0 heterocycles. The van der Waals surface area contributed by atoms with E-state index in [4.69, 9.17) is 0 Å². The molecule has 7 heteroatoms. The highest BCUT2D eigenvalue weighted by Crippen LogP contribution is 2.22. The molecule has 7 nitrogen and oxygen atoms in total. The molecule has 0 unspecified atom stereocenters. The lowest BCUT2D eigenvalue weighted by molar-refractivity contribution is -0.385. The van der Waals surface area contributed by atoms with Gasteiger partial charge in [-0.15, -0.1) is 0 Å². The molecule has 1 rings (SSSR count). The van der Waals surface area contributed by atoms with Crippen LogP contribution in [0.5, 0.6) is 5.75 Å². The van der Waals surface area contributed by atoms with Crippen LogP contribution >= 0.6 is 0 Å². The van der Waals surface area contributed by atoms with E-state index in [0.29, 0.717) is 13.1 Å². The SMILES string of the molecule is CN(C)CCNC(=O)c1cc(O)ccc1[N+](=O)[O-]. The highest BCUT2D eigenvalue weighted by Gasteiger charge is 2.20. The highest BCUT2D eigenvalue weighted by atomic mass is 16.6. The maximum absolute atomic E-state index is 11.8. The van der Waals surface area contributed by atoms with Crippen molar-refractivity contribution in [2.75, 3.05) is 27.2 Å². The number of rotatable bonds is 5. The summed E-state index contributed by atoms with van der Waals surface area (Å²) in [4.78, 5) is 23.7. The normalized spacial score (nSPS) is 10.4. The fourth-order valence-electron chi connectivity index (χ4n) is 1.35. The monoisotopic (exact) mass is 253 g/mol. The van der Waals surface area contributed by atoms with Gasteiger partial charge in [0.2, 0.25) is 0 Å². The zero-order valence-electron chi connectivity index (χ0n) is 10.2. The standard InChI is InChI=1S/C11H15N3O4/c1-13(2)6-5-12-11(16)9-7-8(15)3-4-10(9)14(17)18/h3-4,7,15H,5-6H2,1-2H3,(H,12,16). The topological polar surface area (TPSA) is 95.7 Å². The number of phenolic OH excluding ortho intramolecular Hbond substituents is 1. The summed E-state index contributed by atoms with van der Waals surface area (Å²) in [6.45, 7) is 0.997. The van der Waals surface area contributed by atoms with Crippen LogP contribution < -0.4 is 5.32 Å². The Bertz CT molecular complexity index is 460. The van der Waals surface area contributed by atoms with Crippen LogP contribution in [-0.4, -0.2) is 48.0 Å². The number of nitrogens with zero attached hydrogens (tertiary/aromatic N) is 2. The molecular weight excluding hydrogens is 238 g/mol. The van der Waals surface area contributed by atoms with Gasteiger partial charge in [-0.2, -0.15) is 0 Å². The molecule has 1 aromatic carbocycles. The summed E-state index contributed by atoms with van der Waals surface area (Å²) in [5, 5.41) is 22.6. The largest absolute Gasteiger partial charge is 0.508 e. The van der Waals surface area contributed by atoms with Crippen LogP contribution in [0.1, 0.15) is 10.4 Å². The van der Waals surface area contributed by atoms with Gasteiger partial charge in [0, 0.05) is 19.2 Å². The Labute approximate surface area is 104 Å². The van der Waals surface area contributed by atoms with Gasteiger partial charge in [0.25, 0.3) is 11.6 Å². The third-order valence-corrected chi connectivity index (χ3v) is 2.27. The number of carbonyl (C=O) groups is 1. The third kappa shape index (κ3) is 3.70. The van der Waals surface area contributed by atoms with Gasteiger partial charge < -0.3 is 15.3 Å². The average Bonchev–Trinajstić information content (AvgIpc) is 2.27. The Kier molecular flexibility index (Phi) is 4.61. The summed E-state index contributed by atoms with van der Waals surface area (Å²) >= 11 is 0. The minimum absolute atomic E-state index is 0.140. The van der Waals surface area contributed by atoms with E-state index in [1.165, 1.54) is 6.07 Å². The maximum Gasteiger partial charge on any atom is 0.282 e. The molecule has 1 amide bonds. The maximum atomic E-state index is 11.8. The minimum atomic E-state index is -0.652. The lowest BCUT2D eigenvalue weighted by Gasteiger charge is -2.10. The molecule has 0 aromatic heterocycles. The van der Waals surface area contributed by atoms with E-state index in [0.717, 1.165) is 12.1 Å². The summed E-state index contributed by atoms with van der Waals surface area (Å²) in [6, 6.07) is 3.37. The van der Waals surface area contributed by atoms with E-state index in [1.54, 1.807) is 0 Å². The summed E-state index contributed by atoms with van der Waals surface area (Å²) in [6.07, 6.45) is 0. The van der Waals surface area contributed by atoms with Crippen LogP contribution in [0.25, 0.3) is 0 Å². The number of nitro groups is 1. The molecule has 2 N–H and O–H groups in total. The van der Waals surface area contributed by atoms with Gasteiger partial charge in [0.05, 0.1) is 4.92 Å². The molecule has 0 saturated carbocycles. The Balaban J connectivity index is 2.84. The van der Waals surface area contributed by atoms with Gasteiger partial charge in [-0.1, -0.05) is 0 Å². The predicted molar refractivity (Wildman–Crippen MR) is 65.6 cm³/mol. The van der Waals surface area contributed by atoms with Gasteiger partial charge in [0.1, 0.15) is 11.3 Å². The molecule has 0 fully saturated rings. The summed E-state index contributed by atoms with van der Waals surface area (Å²) < 4.78 is 0. The second-order valence-corrected chi connectivity index (χ2v) is 4.02. The minimum Gasteiger partial charge on any atom is -0.508 e. The van der Waals surface area contributed by atoms with Crippen molar-refractivity contribution in [1.29, 1.82) is 0 Å². The van der Waals surface area contributed by atoms with Crippen molar-refractivity contribution in [1.82, 2.24) is 10.2 Å². The van der Waals surface area contributed by atoms with Crippen molar-refractivity contribution in [3.63, 3.8) is 0 Å². The second kappa shape index (κ2) is 5.97. The Morgan fingerprint density at radius 3 is 2.72 bits per heavy atom. The fraction of sp³-hybridized carbons (Fsp3) is 0.364. The molecule has 0 atom stereocenters. The molecule has 98 valence electrons. The number of benzene rings is 1. The molecular formula is C11H15N3O4. The average molecular weight is 253 g/mol. The number of likely N-dealkylation sites (N-methyl/N-ethyl adjacent to an activating group) is 1. The zero-order valence-corrected chi connectivity index (χ0v) is 10.2. The third-order valence-electron chi connectivity index (χ3n) is 2.27. The van der Waals surface area contributed by atoms with E-state index >= 15 is 0 Å². The van der Waals surface area contributed by atoms with Crippen LogP contribution in [0.15, 0.2) is 18.2 Å². The number of hydrogen-bond acceptors (Lipinski definition) is 5. The van der Waals surface area contributed by atoms with E-state index in [9.17, 15) is 20.0 Å². The molecule has 1 aromatic rings. The number of aromatic hydroxyl groups is 1. The van der Waals surface area contributed by atoms with Crippen LogP contribution in [-0.2, 0) is 0 Å². The Hall–Kier alpha value is -2.15. The first-order chi connectivity index (χ1) is 8.41. The van der Waals surface area contributed by atoms with Crippen molar-refractivity contribution in [2.24, 2.45) is 0 Å². The molecule has 0 aliphatic carbocycles. The molecule has 0 aliphatic heterocycles. The van der Waals surface area contributed by atoms with Gasteiger partial charge in [0.15, 0.2) is 0 Å². The first kappa shape index (κ1) is 13.9. The number of hydrogen-bond donors (Lipinski definition) is 2. The number of carbonyl (C=O) groups excluding carboxylic acids is 1. The molecule has 0 aliphatic rings. The summed E-state index contributed by atoms with van der Waals surface area (Å²) in [5.41, 5.74) is -0.464. The highest BCUT2D eigenvalue weighted by molar-refractivity contribution is 5.98. The fourth-order valence-corrected chi connectivity index (χ4v) is 1.35. The lowest BCUT2D eigenvalue weighted by atomic mass is 10.1. The number of amides is 1. The van der Waals surface area contributed by atoms with Crippen molar-refractivity contribution < 1.29 is 14.8 Å². The van der Waals surface area contributed by atoms with Crippen molar-refractivity contribution in [2.45, 2.75) is 0 Å². The van der Waals surface area contributed by atoms with Gasteiger partial charge in [-0.05, 0) is 26.2 Å². The summed E-state index contributed by atoms with van der Waals surface area (Å²) in [7, 11) is 3.70. The number of nitrogens with one attached hydrogen (secondary N) is 1. The quantitative estimate of drug-likeness (QED) is 0.591. The lowest BCUT2D eigenvalue weighted by Crippen LogP contribution is -2.31. The summed E-state index contributed by atoms with van der Waals surface area (Å²) in [5.74, 6) is -0.752. The zero-order chi connectivity index (χ0) is 13.7. The van der Waals surface area contributed by atoms with Gasteiger partial charge in [-0.3, -0.25) is 14.9 Å². The predicted octanol–water partition coefficient (Wildman–Crippen LogP) is 0.592. The van der Waals surface area contributed by atoms with Crippen LogP contribution in [0, 0.1) is 10.1 Å². The van der Waals surface area contributed by atoms with Crippen LogP contribution in [0.4, 0.5) is 5.69 Å². The Morgan fingerprint density at radius 1 is 1.50 bits per heavy atom. The number of phenols is 1. The first-order valence-electron chi connectivity index (χ1n) is 5.32. The van der Waals surface area contributed by atoms with E-state index in [1.807, 2.05) is 19.0 Å². The van der Waals surface area contributed by atoms with E-state index in [-0.39, 0.29) is 17.0 Å². The van der Waals surface area contributed by atoms with Gasteiger partial charge in [-0.25, -0.2) is 0 Å². The molecule has 0 saturated heterocycles. The number of nitro benzene ring substituents is 1. The molecule has 0 radical (unpaired) electrons.